The van der Waals surface area contributed by atoms with Crippen LogP contribution in [0.4, 0.5) is 5.69 Å². The number of halogens is 1. The maximum absolute atomic E-state index is 5.36. The Hall–Kier alpha value is -1.07. The van der Waals surface area contributed by atoms with E-state index in [1.54, 1.807) is 0 Å². The molecule has 0 amide bonds. The highest BCUT2D eigenvalue weighted by molar-refractivity contribution is 8.93. The van der Waals surface area contributed by atoms with Gasteiger partial charge in [-0.25, -0.2) is 4.52 Å². The van der Waals surface area contributed by atoms with Gasteiger partial charge in [0.15, 0.2) is 0 Å². The van der Waals surface area contributed by atoms with Crippen LogP contribution in [0.2, 0.25) is 0 Å². The van der Waals surface area contributed by atoms with Gasteiger partial charge in [0.25, 0.3) is 0 Å². The Morgan fingerprint density at radius 2 is 2.17 bits per heavy atom. The minimum absolute atomic E-state index is 0. The van der Waals surface area contributed by atoms with Crippen LogP contribution in [0, 0.1) is 5.92 Å². The molecule has 5 heteroatoms. The molecule has 1 N–H and O–H groups in total. The highest BCUT2D eigenvalue weighted by Gasteiger charge is 2.14. The third-order valence-electron chi connectivity index (χ3n) is 3.35. The quantitative estimate of drug-likeness (QED) is 0.947. The van der Waals surface area contributed by atoms with Crippen molar-refractivity contribution in [2.75, 3.05) is 25.1 Å². The van der Waals surface area contributed by atoms with E-state index in [1.165, 1.54) is 0 Å². The predicted molar refractivity (Wildman–Crippen MR) is 77.5 cm³/mol. The number of aromatic nitrogens is 2. The minimum atomic E-state index is 0. The number of nitrogens with one attached hydrogen (secondary N) is 1. The van der Waals surface area contributed by atoms with Crippen LogP contribution in [0.5, 0.6) is 0 Å². The molecule has 0 unspecified atom stereocenters. The van der Waals surface area contributed by atoms with Crippen molar-refractivity contribution in [2.45, 2.75) is 12.8 Å². The molecule has 2 aromatic rings. The lowest BCUT2D eigenvalue weighted by molar-refractivity contribution is 0.0699. The molecule has 3 rings (SSSR count). The Balaban J connectivity index is 0.00000120. The summed E-state index contributed by atoms with van der Waals surface area (Å²) in [5.74, 6) is 0.724. The van der Waals surface area contributed by atoms with Crippen LogP contribution in [0.25, 0.3) is 5.52 Å². The molecular weight excluding hydrogens is 294 g/mol. The summed E-state index contributed by atoms with van der Waals surface area (Å²) in [5, 5.41) is 7.81. The van der Waals surface area contributed by atoms with Gasteiger partial charge in [0.1, 0.15) is 0 Å². The summed E-state index contributed by atoms with van der Waals surface area (Å²) in [5.41, 5.74) is 2.26. The molecule has 1 saturated heterocycles. The molecule has 1 aliphatic rings. The summed E-state index contributed by atoms with van der Waals surface area (Å²) in [6.45, 7) is 2.82. The third kappa shape index (κ3) is 2.84. The van der Waals surface area contributed by atoms with Gasteiger partial charge < -0.3 is 10.1 Å². The summed E-state index contributed by atoms with van der Waals surface area (Å²) >= 11 is 0. The number of rotatable bonds is 3. The maximum Gasteiger partial charge on any atom is 0.0893 e. The van der Waals surface area contributed by atoms with Gasteiger partial charge in [0, 0.05) is 26.0 Å². The number of nitrogens with zero attached hydrogens (tertiary/aromatic N) is 2. The van der Waals surface area contributed by atoms with Gasteiger partial charge in [-0.05, 0) is 30.9 Å². The number of fused-ring (bicyclic) bond motifs is 1. The van der Waals surface area contributed by atoms with Gasteiger partial charge >= 0.3 is 0 Å². The average molecular weight is 312 g/mol. The zero-order chi connectivity index (χ0) is 11.5. The second kappa shape index (κ2) is 6.20. The summed E-state index contributed by atoms with van der Waals surface area (Å²) in [7, 11) is 0. The fourth-order valence-electron chi connectivity index (χ4n) is 2.28. The molecule has 4 nitrogen and oxygen atoms in total. The summed E-state index contributed by atoms with van der Waals surface area (Å²) in [6.07, 6.45) is 6.18. The van der Waals surface area contributed by atoms with Gasteiger partial charge in [-0.15, -0.1) is 17.0 Å². The Kier molecular flexibility index (Phi) is 4.60. The van der Waals surface area contributed by atoms with E-state index in [0.29, 0.717) is 0 Å². The van der Waals surface area contributed by atoms with E-state index in [9.17, 15) is 0 Å². The zero-order valence-electron chi connectivity index (χ0n) is 10.2. The molecule has 0 aliphatic carbocycles. The van der Waals surface area contributed by atoms with Crippen molar-refractivity contribution >= 4 is 28.2 Å². The van der Waals surface area contributed by atoms with Crippen LogP contribution in [0.3, 0.4) is 0 Å². The lowest BCUT2D eigenvalue weighted by Crippen LogP contribution is -2.22. The lowest BCUT2D eigenvalue weighted by Gasteiger charge is -2.22. The Bertz CT molecular complexity index is 494. The molecule has 0 saturated carbocycles. The first kappa shape index (κ1) is 13.4. The number of hydrogen-bond donors (Lipinski definition) is 1. The first-order valence-corrected chi connectivity index (χ1v) is 6.17. The van der Waals surface area contributed by atoms with Crippen LogP contribution >= 0.6 is 17.0 Å². The molecule has 18 heavy (non-hydrogen) atoms. The molecule has 0 atom stereocenters. The van der Waals surface area contributed by atoms with Gasteiger partial charge in [-0.3, -0.25) is 0 Å². The van der Waals surface area contributed by atoms with E-state index in [2.05, 4.69) is 16.5 Å². The molecule has 3 heterocycles. The molecule has 0 radical (unpaired) electrons. The van der Waals surface area contributed by atoms with Gasteiger partial charge in [0.05, 0.1) is 17.4 Å². The molecular formula is C13H18BrN3O. The molecule has 1 aliphatic heterocycles. The highest BCUT2D eigenvalue weighted by Crippen LogP contribution is 2.19. The van der Waals surface area contributed by atoms with Gasteiger partial charge in [-0.2, -0.15) is 5.10 Å². The molecule has 1 fully saturated rings. The van der Waals surface area contributed by atoms with Crippen molar-refractivity contribution in [1.82, 2.24) is 9.61 Å². The fourth-order valence-corrected chi connectivity index (χ4v) is 2.28. The molecule has 0 aromatic carbocycles. The van der Waals surface area contributed by atoms with Crippen molar-refractivity contribution in [3.05, 3.63) is 30.6 Å². The summed E-state index contributed by atoms with van der Waals surface area (Å²) in [4.78, 5) is 0. The van der Waals surface area contributed by atoms with E-state index in [1.807, 2.05) is 29.0 Å². The topological polar surface area (TPSA) is 38.6 Å². The van der Waals surface area contributed by atoms with Crippen molar-refractivity contribution in [3.8, 4) is 0 Å². The zero-order valence-corrected chi connectivity index (χ0v) is 11.9. The van der Waals surface area contributed by atoms with E-state index in [-0.39, 0.29) is 17.0 Å². The van der Waals surface area contributed by atoms with E-state index in [0.717, 1.165) is 49.7 Å². The number of anilines is 1. The Labute approximate surface area is 117 Å². The maximum atomic E-state index is 5.36. The monoisotopic (exact) mass is 311 g/mol. The molecule has 0 spiro atoms. The van der Waals surface area contributed by atoms with Crippen molar-refractivity contribution in [1.29, 1.82) is 0 Å². The van der Waals surface area contributed by atoms with Gasteiger partial charge in [-0.1, -0.05) is 6.07 Å². The average Bonchev–Trinajstić information content (AvgIpc) is 2.81. The first-order chi connectivity index (χ1) is 8.43. The molecule has 98 valence electrons. The standard InChI is InChI=1S/C13H17N3O.BrH/c1-2-6-16-13(3-1)12(10-15-16)14-9-11-4-7-17-8-5-11;/h1-3,6,10-11,14H,4-5,7-9H2;1H. The number of hydrogen-bond acceptors (Lipinski definition) is 3. The second-order valence-electron chi connectivity index (χ2n) is 4.53. The Morgan fingerprint density at radius 1 is 1.33 bits per heavy atom. The van der Waals surface area contributed by atoms with E-state index in [4.69, 9.17) is 4.74 Å². The van der Waals surface area contributed by atoms with Crippen LogP contribution < -0.4 is 5.32 Å². The molecule has 0 bridgehead atoms. The van der Waals surface area contributed by atoms with Crippen molar-refractivity contribution in [2.24, 2.45) is 5.92 Å². The highest BCUT2D eigenvalue weighted by atomic mass is 79.9. The summed E-state index contributed by atoms with van der Waals surface area (Å²) < 4.78 is 7.26. The van der Waals surface area contributed by atoms with Crippen LogP contribution in [-0.4, -0.2) is 29.4 Å². The molecule has 2 aromatic heterocycles. The lowest BCUT2D eigenvalue weighted by atomic mass is 10.0. The van der Waals surface area contributed by atoms with Crippen LogP contribution in [-0.2, 0) is 4.74 Å². The minimum Gasteiger partial charge on any atom is -0.382 e. The first-order valence-electron chi connectivity index (χ1n) is 6.17. The fraction of sp³-hybridized carbons (Fsp3) is 0.462. The van der Waals surface area contributed by atoms with Crippen molar-refractivity contribution < 1.29 is 4.74 Å². The van der Waals surface area contributed by atoms with Crippen LogP contribution in [0.1, 0.15) is 12.8 Å². The van der Waals surface area contributed by atoms with Crippen LogP contribution in [0.15, 0.2) is 30.6 Å². The predicted octanol–water partition coefficient (Wildman–Crippen LogP) is 2.75. The SMILES string of the molecule is Br.c1ccn2ncc(NCC3CCOCC3)c2c1. The second-order valence-corrected chi connectivity index (χ2v) is 4.53. The number of pyridine rings is 1. The van der Waals surface area contributed by atoms with E-state index >= 15 is 0 Å². The van der Waals surface area contributed by atoms with Gasteiger partial charge in [0.2, 0.25) is 0 Å². The summed E-state index contributed by atoms with van der Waals surface area (Å²) in [6, 6.07) is 6.11. The third-order valence-corrected chi connectivity index (χ3v) is 3.35. The normalized spacial score (nSPS) is 16.4. The number of ether oxygens (including phenoxy) is 1. The largest absolute Gasteiger partial charge is 0.382 e. The smallest absolute Gasteiger partial charge is 0.0893 e. The Morgan fingerprint density at radius 3 is 3.00 bits per heavy atom. The van der Waals surface area contributed by atoms with Crippen molar-refractivity contribution in [3.63, 3.8) is 0 Å². The van der Waals surface area contributed by atoms with E-state index < -0.39 is 0 Å².